The molecule has 1 aliphatic heterocycles. The third-order valence-electron chi connectivity index (χ3n) is 2.39. The van der Waals surface area contributed by atoms with Crippen molar-refractivity contribution < 1.29 is 4.92 Å². The molecular weight excluding hydrogens is 228 g/mol. The molecule has 2 rings (SSSR count). The molecule has 0 amide bonds. The molecule has 1 aliphatic rings. The van der Waals surface area contributed by atoms with Crippen molar-refractivity contribution >= 4 is 27.9 Å². The van der Waals surface area contributed by atoms with Gasteiger partial charge in [0.15, 0.2) is 0 Å². The van der Waals surface area contributed by atoms with Gasteiger partial charge in [-0.3, -0.25) is 10.1 Å². The van der Waals surface area contributed by atoms with Crippen LogP contribution in [-0.2, 0) is 0 Å². The van der Waals surface area contributed by atoms with Gasteiger partial charge in [0.2, 0.25) is 0 Å². The fraction of sp³-hybridized carbons (Fsp3) is 0.333. The van der Waals surface area contributed by atoms with Gasteiger partial charge in [0.25, 0.3) is 0 Å². The highest BCUT2D eigenvalue weighted by molar-refractivity contribution is 7.13. The van der Waals surface area contributed by atoms with E-state index in [1.54, 1.807) is 5.38 Å². The molecule has 7 heteroatoms. The predicted octanol–water partition coefficient (Wildman–Crippen LogP) is 1.76. The minimum atomic E-state index is -0.404. The van der Waals surface area contributed by atoms with Gasteiger partial charge in [0.1, 0.15) is 5.84 Å². The van der Waals surface area contributed by atoms with E-state index in [0.717, 1.165) is 22.6 Å². The lowest BCUT2D eigenvalue weighted by molar-refractivity contribution is -0.380. The number of nitro groups is 1. The Hall–Kier alpha value is -1.76. The van der Waals surface area contributed by atoms with Gasteiger partial charge in [0.05, 0.1) is 10.6 Å². The second kappa shape index (κ2) is 4.01. The zero-order valence-corrected chi connectivity index (χ0v) is 9.40. The molecule has 0 bridgehead atoms. The second-order valence-corrected chi connectivity index (χ2v) is 4.50. The topological polar surface area (TPSA) is 93.9 Å². The lowest BCUT2D eigenvalue weighted by Crippen LogP contribution is -2.26. The average Bonchev–Trinajstić information content (AvgIpc) is 2.71. The van der Waals surface area contributed by atoms with Crippen molar-refractivity contribution in [1.29, 1.82) is 0 Å². The standard InChI is InChI=1S/C9H10N4O2S/c1-5-2-7(11-12-9(5)10)6-3-8(13(14)15)16-4-6/h3-5H,2H2,1H3,(H2,10,12). The minimum Gasteiger partial charge on any atom is -0.385 e. The Bertz CT molecular complexity index is 491. The lowest BCUT2D eigenvalue weighted by Gasteiger charge is -2.14. The Balaban J connectivity index is 2.28. The van der Waals surface area contributed by atoms with Crippen LogP contribution in [0.2, 0.25) is 0 Å². The quantitative estimate of drug-likeness (QED) is 0.628. The SMILES string of the molecule is CC1CC(c2csc([N+](=O)[O-])c2)=NN=C1N. The molecule has 0 saturated heterocycles. The molecule has 2 N–H and O–H groups in total. The highest BCUT2D eigenvalue weighted by Crippen LogP contribution is 2.25. The van der Waals surface area contributed by atoms with E-state index < -0.39 is 4.92 Å². The first-order valence-corrected chi connectivity index (χ1v) is 5.59. The van der Waals surface area contributed by atoms with E-state index in [9.17, 15) is 10.1 Å². The summed E-state index contributed by atoms with van der Waals surface area (Å²) in [6.45, 7) is 1.95. The normalized spacial score (nSPS) is 20.2. The molecule has 2 heterocycles. The third kappa shape index (κ3) is 1.94. The first-order valence-electron chi connectivity index (χ1n) is 4.71. The van der Waals surface area contributed by atoms with Gasteiger partial charge >= 0.3 is 5.00 Å². The Morgan fingerprint density at radius 2 is 2.38 bits per heavy atom. The Kier molecular flexibility index (Phi) is 2.69. The van der Waals surface area contributed by atoms with Gasteiger partial charge in [-0.15, -0.1) is 5.10 Å². The predicted molar refractivity (Wildman–Crippen MR) is 62.9 cm³/mol. The molecule has 0 fully saturated rings. The summed E-state index contributed by atoms with van der Waals surface area (Å²) >= 11 is 1.09. The molecule has 6 nitrogen and oxygen atoms in total. The van der Waals surface area contributed by atoms with Crippen molar-refractivity contribution in [3.05, 3.63) is 27.1 Å². The van der Waals surface area contributed by atoms with Crippen molar-refractivity contribution in [2.24, 2.45) is 21.9 Å². The molecule has 0 radical (unpaired) electrons. The number of nitrogens with zero attached hydrogens (tertiary/aromatic N) is 3. The molecule has 0 aromatic carbocycles. The van der Waals surface area contributed by atoms with Gasteiger partial charge in [-0.05, 0) is 0 Å². The maximum Gasteiger partial charge on any atom is 0.324 e. The second-order valence-electron chi connectivity index (χ2n) is 3.61. The highest BCUT2D eigenvalue weighted by Gasteiger charge is 2.20. The zero-order valence-electron chi connectivity index (χ0n) is 8.58. The van der Waals surface area contributed by atoms with E-state index in [1.165, 1.54) is 6.07 Å². The van der Waals surface area contributed by atoms with Gasteiger partial charge in [-0.1, -0.05) is 18.3 Å². The van der Waals surface area contributed by atoms with E-state index >= 15 is 0 Å². The molecular formula is C9H10N4O2S. The summed E-state index contributed by atoms with van der Waals surface area (Å²) in [7, 11) is 0. The van der Waals surface area contributed by atoms with E-state index in [1.807, 2.05) is 6.92 Å². The summed E-state index contributed by atoms with van der Waals surface area (Å²) < 4.78 is 0. The Morgan fingerprint density at radius 1 is 1.62 bits per heavy atom. The summed E-state index contributed by atoms with van der Waals surface area (Å²) in [6.07, 6.45) is 0.670. The monoisotopic (exact) mass is 238 g/mol. The minimum absolute atomic E-state index is 0.118. The van der Waals surface area contributed by atoms with Gasteiger partial charge < -0.3 is 5.73 Å². The first-order chi connectivity index (χ1) is 7.58. The molecule has 84 valence electrons. The number of hydrogen-bond donors (Lipinski definition) is 1. The van der Waals surface area contributed by atoms with Crippen LogP contribution in [-0.4, -0.2) is 16.5 Å². The number of amidine groups is 1. The third-order valence-corrected chi connectivity index (χ3v) is 3.27. The number of rotatable bonds is 2. The largest absolute Gasteiger partial charge is 0.385 e. The summed E-state index contributed by atoms with van der Waals surface area (Å²) in [4.78, 5) is 10.1. The molecule has 0 saturated carbocycles. The Morgan fingerprint density at radius 3 is 2.94 bits per heavy atom. The first kappa shape index (κ1) is 10.7. The van der Waals surface area contributed by atoms with Crippen molar-refractivity contribution in [2.45, 2.75) is 13.3 Å². The molecule has 1 atom stereocenters. The van der Waals surface area contributed by atoms with Crippen LogP contribution >= 0.6 is 11.3 Å². The molecule has 0 aliphatic carbocycles. The molecule has 1 aromatic heterocycles. The smallest absolute Gasteiger partial charge is 0.324 e. The maximum atomic E-state index is 10.5. The number of hydrogen-bond acceptors (Lipinski definition) is 6. The van der Waals surface area contributed by atoms with Crippen molar-refractivity contribution in [3.8, 4) is 0 Å². The molecule has 16 heavy (non-hydrogen) atoms. The Labute approximate surface area is 95.6 Å². The zero-order chi connectivity index (χ0) is 11.7. The van der Waals surface area contributed by atoms with Gasteiger partial charge in [-0.2, -0.15) is 5.10 Å². The molecule has 0 spiro atoms. The van der Waals surface area contributed by atoms with E-state index in [0.29, 0.717) is 12.3 Å². The van der Waals surface area contributed by atoms with E-state index in [2.05, 4.69) is 10.2 Å². The number of thiophene rings is 1. The summed E-state index contributed by atoms with van der Waals surface area (Å²) in [6, 6.07) is 1.52. The average molecular weight is 238 g/mol. The molecule has 1 aromatic rings. The van der Waals surface area contributed by atoms with E-state index in [-0.39, 0.29) is 10.9 Å². The van der Waals surface area contributed by atoms with Crippen LogP contribution < -0.4 is 5.73 Å². The highest BCUT2D eigenvalue weighted by atomic mass is 32.1. The van der Waals surface area contributed by atoms with Gasteiger partial charge in [-0.25, -0.2) is 0 Å². The van der Waals surface area contributed by atoms with Crippen LogP contribution in [0.5, 0.6) is 0 Å². The van der Waals surface area contributed by atoms with Crippen LogP contribution in [0.3, 0.4) is 0 Å². The summed E-state index contributed by atoms with van der Waals surface area (Å²) in [5, 5.41) is 20.2. The van der Waals surface area contributed by atoms with Crippen molar-refractivity contribution in [2.75, 3.05) is 0 Å². The molecule has 1 unspecified atom stereocenters. The van der Waals surface area contributed by atoms with Crippen LogP contribution in [0.25, 0.3) is 0 Å². The van der Waals surface area contributed by atoms with E-state index in [4.69, 9.17) is 5.73 Å². The van der Waals surface area contributed by atoms with Crippen LogP contribution in [0.15, 0.2) is 21.6 Å². The maximum absolute atomic E-state index is 10.5. The fourth-order valence-corrected chi connectivity index (χ4v) is 2.13. The van der Waals surface area contributed by atoms with Crippen LogP contribution in [0.1, 0.15) is 18.9 Å². The lowest BCUT2D eigenvalue weighted by atomic mass is 9.99. The van der Waals surface area contributed by atoms with Crippen LogP contribution in [0, 0.1) is 16.0 Å². The van der Waals surface area contributed by atoms with Gasteiger partial charge in [0, 0.05) is 29.3 Å². The van der Waals surface area contributed by atoms with Crippen molar-refractivity contribution in [3.63, 3.8) is 0 Å². The fourth-order valence-electron chi connectivity index (χ4n) is 1.40. The van der Waals surface area contributed by atoms with Crippen molar-refractivity contribution in [1.82, 2.24) is 0 Å². The number of nitrogens with two attached hydrogens (primary N) is 1. The summed E-state index contributed by atoms with van der Waals surface area (Å²) in [5.74, 6) is 0.639. The van der Waals surface area contributed by atoms with Crippen LogP contribution in [0.4, 0.5) is 5.00 Å². The summed E-state index contributed by atoms with van der Waals surface area (Å²) in [5.41, 5.74) is 7.13.